The van der Waals surface area contributed by atoms with Crippen molar-refractivity contribution in [1.29, 1.82) is 0 Å². The first-order chi connectivity index (χ1) is 11.1. The maximum Gasteiger partial charge on any atom is 0.407 e. The van der Waals surface area contributed by atoms with Crippen molar-refractivity contribution in [3.05, 3.63) is 24.3 Å². The molecule has 6 nitrogen and oxygen atoms in total. The summed E-state index contributed by atoms with van der Waals surface area (Å²) >= 11 is 0. The Hall–Kier alpha value is -1.82. The summed E-state index contributed by atoms with van der Waals surface area (Å²) in [5.74, 6) is -0.844. The van der Waals surface area contributed by atoms with Crippen LogP contribution in [0.1, 0.15) is 51.9 Å². The number of nitrogens with one attached hydrogen (secondary N) is 1. The lowest BCUT2D eigenvalue weighted by Crippen LogP contribution is -2.24. The fraction of sp³-hybridized carbons (Fsp3) is 0.647. The number of unbranched alkanes of at least 4 members (excludes halogenated alkanes) is 3. The van der Waals surface area contributed by atoms with Crippen molar-refractivity contribution in [3.63, 3.8) is 0 Å². The van der Waals surface area contributed by atoms with E-state index in [0.717, 1.165) is 25.7 Å². The Morgan fingerprint density at radius 3 is 2.65 bits per heavy atom. The Morgan fingerprint density at radius 2 is 1.96 bits per heavy atom. The highest BCUT2D eigenvalue weighted by Gasteiger charge is 2.01. The fourth-order valence-electron chi connectivity index (χ4n) is 1.78. The van der Waals surface area contributed by atoms with E-state index in [-0.39, 0.29) is 13.0 Å². The van der Waals surface area contributed by atoms with Gasteiger partial charge in [0.1, 0.15) is 0 Å². The van der Waals surface area contributed by atoms with Gasteiger partial charge in [-0.15, -0.1) is 0 Å². The van der Waals surface area contributed by atoms with Gasteiger partial charge in [-0.3, -0.25) is 4.79 Å². The van der Waals surface area contributed by atoms with E-state index in [1.165, 1.54) is 0 Å². The summed E-state index contributed by atoms with van der Waals surface area (Å²) in [4.78, 5) is 21.6. The van der Waals surface area contributed by atoms with Crippen LogP contribution >= 0.6 is 0 Å². The Morgan fingerprint density at radius 1 is 1.17 bits per heavy atom. The second-order valence-corrected chi connectivity index (χ2v) is 5.24. The molecule has 0 aromatic rings. The predicted octanol–water partition coefficient (Wildman–Crippen LogP) is 3.02. The molecule has 23 heavy (non-hydrogen) atoms. The molecule has 1 amide bonds. The standard InChI is InChI=1S/C17H29NO5/c1-2-3-5-10-15(19)11-6-4-8-13-18-17(22)23-14-9-7-12-16(20)21/h4,6,8,11,15,19H,2-3,5,7,9-10,12-14H2,1H3,(H,18,22)(H,20,21)/b8-4+,11-6+. The van der Waals surface area contributed by atoms with E-state index < -0.39 is 18.2 Å². The van der Waals surface area contributed by atoms with Gasteiger partial charge in [0, 0.05) is 13.0 Å². The van der Waals surface area contributed by atoms with E-state index >= 15 is 0 Å². The molecular formula is C17H29NO5. The van der Waals surface area contributed by atoms with Crippen LogP contribution in [-0.4, -0.2) is 41.5 Å². The largest absolute Gasteiger partial charge is 0.481 e. The maximum absolute atomic E-state index is 11.3. The molecule has 0 aromatic carbocycles. The number of carbonyl (C=O) groups excluding carboxylic acids is 1. The number of rotatable bonds is 13. The molecule has 0 aliphatic rings. The number of ether oxygens (including phenoxy) is 1. The minimum Gasteiger partial charge on any atom is -0.481 e. The molecule has 0 spiro atoms. The number of allylic oxidation sites excluding steroid dienone is 2. The number of aliphatic hydroxyl groups excluding tert-OH is 1. The lowest BCUT2D eigenvalue weighted by molar-refractivity contribution is -0.137. The fourth-order valence-corrected chi connectivity index (χ4v) is 1.78. The topological polar surface area (TPSA) is 95.9 Å². The summed E-state index contributed by atoms with van der Waals surface area (Å²) in [6.45, 7) is 2.68. The molecule has 0 aromatic heterocycles. The molecule has 0 heterocycles. The molecule has 0 radical (unpaired) electrons. The van der Waals surface area contributed by atoms with Crippen molar-refractivity contribution >= 4 is 12.1 Å². The molecule has 0 fully saturated rings. The molecule has 0 rings (SSSR count). The van der Waals surface area contributed by atoms with E-state index in [2.05, 4.69) is 12.2 Å². The molecule has 132 valence electrons. The maximum atomic E-state index is 11.3. The summed E-state index contributed by atoms with van der Waals surface area (Å²) in [5.41, 5.74) is 0. The lowest BCUT2D eigenvalue weighted by atomic mass is 10.1. The molecule has 3 N–H and O–H groups in total. The van der Waals surface area contributed by atoms with Gasteiger partial charge in [-0.2, -0.15) is 0 Å². The highest BCUT2D eigenvalue weighted by Crippen LogP contribution is 2.04. The van der Waals surface area contributed by atoms with Crippen LogP contribution in [0, 0.1) is 0 Å². The molecule has 0 aliphatic carbocycles. The van der Waals surface area contributed by atoms with E-state index in [1.54, 1.807) is 24.3 Å². The third kappa shape index (κ3) is 16.4. The Kier molecular flexibility index (Phi) is 13.9. The third-order valence-electron chi connectivity index (χ3n) is 3.07. The second kappa shape index (κ2) is 15.1. The summed E-state index contributed by atoms with van der Waals surface area (Å²) in [5, 5.41) is 20.6. The van der Waals surface area contributed by atoms with Crippen LogP contribution in [-0.2, 0) is 9.53 Å². The smallest absolute Gasteiger partial charge is 0.407 e. The first kappa shape index (κ1) is 21.2. The molecule has 0 saturated heterocycles. The van der Waals surface area contributed by atoms with Crippen molar-refractivity contribution in [2.45, 2.75) is 58.0 Å². The SMILES string of the molecule is CCCCCC(O)/C=C/C=C/CNC(=O)OCCCCC(=O)O. The van der Waals surface area contributed by atoms with Gasteiger partial charge in [-0.25, -0.2) is 4.79 Å². The number of aliphatic carboxylic acids is 1. The quantitative estimate of drug-likeness (QED) is 0.357. The molecule has 1 atom stereocenters. The van der Waals surface area contributed by atoms with Gasteiger partial charge in [0.2, 0.25) is 0 Å². The van der Waals surface area contributed by atoms with Crippen LogP contribution in [0.5, 0.6) is 0 Å². The van der Waals surface area contributed by atoms with Gasteiger partial charge < -0.3 is 20.3 Å². The number of carboxylic acids is 1. The minimum absolute atomic E-state index is 0.0876. The number of carbonyl (C=O) groups is 2. The number of carboxylic acid groups (broad SMARTS) is 1. The van der Waals surface area contributed by atoms with Crippen molar-refractivity contribution in [1.82, 2.24) is 5.32 Å². The van der Waals surface area contributed by atoms with Crippen LogP contribution in [0.25, 0.3) is 0 Å². The highest BCUT2D eigenvalue weighted by molar-refractivity contribution is 5.67. The molecule has 0 bridgehead atoms. The van der Waals surface area contributed by atoms with Crippen molar-refractivity contribution in [2.75, 3.05) is 13.2 Å². The zero-order valence-corrected chi connectivity index (χ0v) is 13.9. The van der Waals surface area contributed by atoms with E-state index in [0.29, 0.717) is 19.4 Å². The molecule has 0 saturated carbocycles. The first-order valence-electron chi connectivity index (χ1n) is 8.20. The third-order valence-corrected chi connectivity index (χ3v) is 3.07. The first-order valence-corrected chi connectivity index (χ1v) is 8.20. The molecular weight excluding hydrogens is 298 g/mol. The lowest BCUT2D eigenvalue weighted by Gasteiger charge is -2.04. The Labute approximate surface area is 138 Å². The summed E-state index contributed by atoms with van der Waals surface area (Å²) in [6.07, 6.45) is 11.2. The highest BCUT2D eigenvalue weighted by atomic mass is 16.5. The zero-order chi connectivity index (χ0) is 17.3. The number of alkyl carbamates (subject to hydrolysis) is 1. The van der Waals surface area contributed by atoms with Gasteiger partial charge >= 0.3 is 12.1 Å². The monoisotopic (exact) mass is 327 g/mol. The summed E-state index contributed by atoms with van der Waals surface area (Å²) in [6, 6.07) is 0. The number of hydrogen-bond donors (Lipinski definition) is 3. The second-order valence-electron chi connectivity index (χ2n) is 5.24. The number of hydrogen-bond acceptors (Lipinski definition) is 4. The van der Waals surface area contributed by atoms with E-state index in [1.807, 2.05) is 0 Å². The Bertz CT molecular complexity index is 379. The van der Waals surface area contributed by atoms with Gasteiger partial charge in [0.15, 0.2) is 0 Å². The van der Waals surface area contributed by atoms with E-state index in [4.69, 9.17) is 9.84 Å². The van der Waals surface area contributed by atoms with Crippen molar-refractivity contribution in [3.8, 4) is 0 Å². The van der Waals surface area contributed by atoms with Crippen LogP contribution in [0.15, 0.2) is 24.3 Å². The molecule has 6 heteroatoms. The summed E-state index contributed by atoms with van der Waals surface area (Å²) < 4.78 is 4.89. The van der Waals surface area contributed by atoms with Crippen LogP contribution < -0.4 is 5.32 Å². The average Bonchev–Trinajstić information content (AvgIpc) is 2.50. The van der Waals surface area contributed by atoms with Crippen LogP contribution in [0.2, 0.25) is 0 Å². The van der Waals surface area contributed by atoms with Gasteiger partial charge in [-0.1, -0.05) is 50.5 Å². The van der Waals surface area contributed by atoms with Crippen LogP contribution in [0.3, 0.4) is 0 Å². The van der Waals surface area contributed by atoms with Gasteiger partial charge in [0.05, 0.1) is 12.7 Å². The number of amides is 1. The van der Waals surface area contributed by atoms with Gasteiger partial charge in [0.25, 0.3) is 0 Å². The molecule has 0 aliphatic heterocycles. The minimum atomic E-state index is -0.844. The average molecular weight is 327 g/mol. The molecule has 1 unspecified atom stereocenters. The normalized spacial score (nSPS) is 12.6. The summed E-state index contributed by atoms with van der Waals surface area (Å²) in [7, 11) is 0. The van der Waals surface area contributed by atoms with E-state index in [9.17, 15) is 14.7 Å². The van der Waals surface area contributed by atoms with Crippen molar-refractivity contribution in [2.24, 2.45) is 0 Å². The van der Waals surface area contributed by atoms with Gasteiger partial charge in [-0.05, 0) is 19.3 Å². The number of aliphatic hydroxyl groups is 1. The predicted molar refractivity (Wildman–Crippen MR) is 89.3 cm³/mol. The zero-order valence-electron chi connectivity index (χ0n) is 13.9. The Balaban J connectivity index is 3.57. The van der Waals surface area contributed by atoms with Crippen molar-refractivity contribution < 1.29 is 24.5 Å². The van der Waals surface area contributed by atoms with Crippen LogP contribution in [0.4, 0.5) is 4.79 Å².